The summed E-state index contributed by atoms with van der Waals surface area (Å²) >= 11 is 0. The molecule has 4 aromatic carbocycles. The van der Waals surface area contributed by atoms with Crippen molar-refractivity contribution in [3.8, 4) is 34.3 Å². The van der Waals surface area contributed by atoms with Gasteiger partial charge in [0.15, 0.2) is 29.5 Å². The van der Waals surface area contributed by atoms with Crippen molar-refractivity contribution in [1.82, 2.24) is 0 Å². The lowest BCUT2D eigenvalue weighted by Crippen LogP contribution is -3.00. The van der Waals surface area contributed by atoms with E-state index in [1.165, 1.54) is 21.9 Å². The van der Waals surface area contributed by atoms with Crippen LogP contribution in [0.1, 0.15) is 12.5 Å². The zero-order valence-electron chi connectivity index (χ0n) is 19.6. The lowest BCUT2D eigenvalue weighted by Gasteiger charge is -2.21. The molecule has 35 heavy (non-hydrogen) atoms. The molecule has 1 aromatic heterocycles. The van der Waals surface area contributed by atoms with Gasteiger partial charge in [0.2, 0.25) is 18.0 Å². The van der Waals surface area contributed by atoms with Gasteiger partial charge in [-0.2, -0.15) is 4.57 Å². The summed E-state index contributed by atoms with van der Waals surface area (Å²) in [7, 11) is 1.70. The van der Waals surface area contributed by atoms with Gasteiger partial charge in [-0.25, -0.2) is 0 Å². The Balaban J connectivity index is 0.00000229. The minimum Gasteiger partial charge on any atom is -1.00 e. The number of benzene rings is 4. The summed E-state index contributed by atoms with van der Waals surface area (Å²) in [6, 6.07) is 21.3. The predicted octanol–water partition coefficient (Wildman–Crippen LogP) is 2.80. The molecule has 2 aliphatic heterocycles. The maximum Gasteiger partial charge on any atom is 0.231 e. The Bertz CT molecular complexity index is 1630. The molecule has 5 nitrogen and oxygen atoms in total. The standard InChI is InChI=1S/C29H24NO4.BrH/c1-3-32-29-22(31-2)12-11-19-20-9-10-21-24-18(15-23-28(21)34-16-33-23)13-14-30(27(20)24)26(25(19)29)17-7-5-4-6-8-17;/h4-12,15H,3,13-14,16H2,1-2H3;1H/q+1;/p-1. The molecule has 0 N–H and O–H groups in total. The smallest absolute Gasteiger partial charge is 0.231 e. The van der Waals surface area contributed by atoms with Gasteiger partial charge in [-0.3, -0.25) is 0 Å². The molecule has 3 heterocycles. The average Bonchev–Trinajstić information content (AvgIpc) is 3.36. The first-order valence-electron chi connectivity index (χ1n) is 11.7. The summed E-state index contributed by atoms with van der Waals surface area (Å²) in [5.41, 5.74) is 4.85. The third-order valence-corrected chi connectivity index (χ3v) is 7.04. The quantitative estimate of drug-likeness (QED) is 0.265. The second-order valence-corrected chi connectivity index (χ2v) is 8.72. The Morgan fingerprint density at radius 1 is 0.914 bits per heavy atom. The van der Waals surface area contributed by atoms with Crippen LogP contribution in [0.5, 0.6) is 23.0 Å². The van der Waals surface area contributed by atoms with Gasteiger partial charge in [-0.1, -0.05) is 18.2 Å². The fourth-order valence-corrected chi connectivity index (χ4v) is 5.71. The first-order chi connectivity index (χ1) is 16.8. The molecule has 0 spiro atoms. The highest BCUT2D eigenvalue weighted by Gasteiger charge is 2.34. The van der Waals surface area contributed by atoms with Crippen LogP contribution in [-0.2, 0) is 13.0 Å². The zero-order chi connectivity index (χ0) is 22.8. The molecule has 0 aliphatic carbocycles. The number of nitrogens with zero attached hydrogens (tertiary/aromatic N) is 1. The molecule has 5 aromatic rings. The topological polar surface area (TPSA) is 40.8 Å². The molecule has 0 bridgehead atoms. The third-order valence-electron chi connectivity index (χ3n) is 7.04. The van der Waals surface area contributed by atoms with Crippen molar-refractivity contribution in [2.75, 3.05) is 20.5 Å². The van der Waals surface area contributed by atoms with Gasteiger partial charge in [-0.15, -0.1) is 0 Å². The second kappa shape index (κ2) is 8.31. The maximum atomic E-state index is 6.24. The monoisotopic (exact) mass is 529 g/mol. The Morgan fingerprint density at radius 2 is 1.71 bits per heavy atom. The van der Waals surface area contributed by atoms with Gasteiger partial charge >= 0.3 is 0 Å². The Kier molecular flexibility index (Phi) is 5.22. The van der Waals surface area contributed by atoms with Crippen molar-refractivity contribution in [3.05, 3.63) is 66.2 Å². The molecule has 6 heteroatoms. The van der Waals surface area contributed by atoms with Crippen LogP contribution < -0.4 is 40.5 Å². The van der Waals surface area contributed by atoms with Gasteiger partial charge in [0.1, 0.15) is 5.39 Å². The summed E-state index contributed by atoms with van der Waals surface area (Å²) in [4.78, 5) is 0. The lowest BCUT2D eigenvalue weighted by molar-refractivity contribution is -0.659. The molecule has 0 fully saturated rings. The van der Waals surface area contributed by atoms with E-state index in [1.54, 1.807) is 7.11 Å². The number of hydrogen-bond acceptors (Lipinski definition) is 4. The number of pyridine rings is 1. The highest BCUT2D eigenvalue weighted by molar-refractivity contribution is 6.19. The summed E-state index contributed by atoms with van der Waals surface area (Å²) in [5, 5.41) is 5.81. The fourth-order valence-electron chi connectivity index (χ4n) is 5.71. The number of methoxy groups -OCH3 is 1. The molecule has 0 saturated carbocycles. The van der Waals surface area contributed by atoms with Crippen LogP contribution >= 0.6 is 0 Å². The minimum atomic E-state index is 0. The molecule has 0 amide bonds. The van der Waals surface area contributed by atoms with Crippen LogP contribution in [0, 0.1) is 0 Å². The van der Waals surface area contributed by atoms with Crippen molar-refractivity contribution in [2.45, 2.75) is 19.9 Å². The maximum absolute atomic E-state index is 6.24. The van der Waals surface area contributed by atoms with E-state index in [4.69, 9.17) is 18.9 Å². The SMILES string of the molecule is CCOc1c(OC)ccc2c1c(-c1ccccc1)[n+]1c3c2ccc2c4c(cc(c23)CC1)OCO4.[Br-]. The van der Waals surface area contributed by atoms with E-state index in [0.717, 1.165) is 63.4 Å². The number of ether oxygens (including phenoxy) is 4. The summed E-state index contributed by atoms with van der Waals surface area (Å²) in [6.07, 6.45) is 0.920. The first-order valence-corrected chi connectivity index (χ1v) is 11.7. The van der Waals surface area contributed by atoms with Crippen molar-refractivity contribution in [3.63, 3.8) is 0 Å². The predicted molar refractivity (Wildman–Crippen MR) is 132 cm³/mol. The fraction of sp³-hybridized carbons (Fsp3) is 0.207. The summed E-state index contributed by atoms with van der Waals surface area (Å²) in [5.74, 6) is 3.24. The molecule has 7 rings (SSSR count). The molecule has 0 unspecified atom stereocenters. The molecular formula is C29H24BrNO4. The number of fused-ring (bicyclic) bond motifs is 4. The van der Waals surface area contributed by atoms with E-state index in [0.29, 0.717) is 6.61 Å². The number of aryl methyl sites for hydroxylation is 2. The van der Waals surface area contributed by atoms with Crippen LogP contribution in [0.2, 0.25) is 0 Å². The Hall–Kier alpha value is -3.51. The van der Waals surface area contributed by atoms with Gasteiger partial charge in [0.05, 0.1) is 24.5 Å². The van der Waals surface area contributed by atoms with Crippen molar-refractivity contribution in [1.29, 1.82) is 0 Å². The molecule has 0 saturated heterocycles. The number of hydrogen-bond donors (Lipinski definition) is 0. The minimum absolute atomic E-state index is 0. The van der Waals surface area contributed by atoms with Crippen LogP contribution in [0.25, 0.3) is 43.7 Å². The number of halogens is 1. The molecule has 0 radical (unpaired) electrons. The van der Waals surface area contributed by atoms with Crippen LogP contribution in [0.3, 0.4) is 0 Å². The zero-order valence-corrected chi connectivity index (χ0v) is 21.1. The van der Waals surface area contributed by atoms with E-state index in [2.05, 4.69) is 59.2 Å². The van der Waals surface area contributed by atoms with Gasteiger partial charge in [0.25, 0.3) is 0 Å². The number of rotatable bonds is 4. The molecular weight excluding hydrogens is 506 g/mol. The van der Waals surface area contributed by atoms with Gasteiger partial charge in [0, 0.05) is 22.8 Å². The first kappa shape index (κ1) is 22.0. The molecule has 176 valence electrons. The van der Waals surface area contributed by atoms with E-state index < -0.39 is 0 Å². The normalized spacial score (nSPS) is 13.4. The Labute approximate surface area is 213 Å². The third kappa shape index (κ3) is 3.02. The molecule has 2 aliphatic rings. The highest BCUT2D eigenvalue weighted by atomic mass is 79.9. The highest BCUT2D eigenvalue weighted by Crippen LogP contribution is 2.48. The average molecular weight is 530 g/mol. The number of aromatic nitrogens is 1. The van der Waals surface area contributed by atoms with Gasteiger partial charge < -0.3 is 35.9 Å². The van der Waals surface area contributed by atoms with Crippen molar-refractivity contribution >= 4 is 32.4 Å². The van der Waals surface area contributed by atoms with E-state index in [1.807, 2.05) is 13.0 Å². The van der Waals surface area contributed by atoms with E-state index >= 15 is 0 Å². The van der Waals surface area contributed by atoms with Crippen LogP contribution in [-0.4, -0.2) is 20.5 Å². The van der Waals surface area contributed by atoms with Crippen molar-refractivity contribution < 1.29 is 40.5 Å². The van der Waals surface area contributed by atoms with Gasteiger partial charge in [-0.05, 0) is 55.0 Å². The summed E-state index contributed by atoms with van der Waals surface area (Å²) in [6.45, 7) is 3.72. The Morgan fingerprint density at radius 3 is 2.51 bits per heavy atom. The molecule has 0 atom stereocenters. The largest absolute Gasteiger partial charge is 1.00 e. The van der Waals surface area contributed by atoms with Crippen LogP contribution in [0.15, 0.2) is 60.7 Å². The summed E-state index contributed by atoms with van der Waals surface area (Å²) < 4.78 is 26.1. The van der Waals surface area contributed by atoms with Crippen LogP contribution in [0.4, 0.5) is 0 Å². The van der Waals surface area contributed by atoms with E-state index in [9.17, 15) is 0 Å². The van der Waals surface area contributed by atoms with E-state index in [-0.39, 0.29) is 23.8 Å². The second-order valence-electron chi connectivity index (χ2n) is 8.72. The van der Waals surface area contributed by atoms with Crippen molar-refractivity contribution in [2.24, 2.45) is 0 Å². The lowest BCUT2D eigenvalue weighted by atomic mass is 9.90.